The highest BCUT2D eigenvalue weighted by Gasteiger charge is 2.38. The van der Waals surface area contributed by atoms with E-state index in [9.17, 15) is 9.59 Å². The number of likely N-dealkylation sites (N-methyl/N-ethyl adjacent to an activating group) is 1. The van der Waals surface area contributed by atoms with Crippen LogP contribution in [0.15, 0.2) is 0 Å². The summed E-state index contributed by atoms with van der Waals surface area (Å²) in [5, 5.41) is 3.01. The Labute approximate surface area is 153 Å². The molecule has 1 N–H and O–H groups in total. The molecule has 3 atom stereocenters. The highest BCUT2D eigenvalue weighted by molar-refractivity contribution is 5.77. The van der Waals surface area contributed by atoms with E-state index in [4.69, 9.17) is 0 Å². The molecule has 0 radical (unpaired) electrons. The molecule has 2 aliphatic rings. The van der Waals surface area contributed by atoms with Crippen molar-refractivity contribution in [1.82, 2.24) is 15.1 Å². The highest BCUT2D eigenvalue weighted by atomic mass is 16.2. The van der Waals surface area contributed by atoms with Gasteiger partial charge in [0.05, 0.1) is 0 Å². The molecule has 0 spiro atoms. The van der Waals surface area contributed by atoms with Crippen molar-refractivity contribution < 1.29 is 9.59 Å². The molecular weight excluding hydrogens is 314 g/mol. The molecule has 0 saturated carbocycles. The van der Waals surface area contributed by atoms with E-state index < -0.39 is 0 Å². The Hall–Kier alpha value is -1.10. The molecule has 0 aromatic rings. The number of hydrogen-bond donors (Lipinski definition) is 1. The lowest BCUT2D eigenvalue weighted by Gasteiger charge is -2.36. The lowest BCUT2D eigenvalue weighted by atomic mass is 9.88. The number of fused-ring (bicyclic) bond motifs is 2. The van der Waals surface area contributed by atoms with Crippen LogP contribution < -0.4 is 5.32 Å². The van der Waals surface area contributed by atoms with Gasteiger partial charge in [-0.3, -0.25) is 9.59 Å². The molecular formula is C20H37N3O2. The quantitative estimate of drug-likeness (QED) is 0.695. The second kappa shape index (κ2) is 9.56. The van der Waals surface area contributed by atoms with E-state index in [1.165, 1.54) is 12.8 Å². The van der Waals surface area contributed by atoms with E-state index in [1.54, 1.807) is 4.90 Å². The van der Waals surface area contributed by atoms with Crippen molar-refractivity contribution in [2.75, 3.05) is 27.2 Å². The number of hydrogen-bond acceptors (Lipinski definition) is 3. The highest BCUT2D eigenvalue weighted by Crippen LogP contribution is 2.38. The summed E-state index contributed by atoms with van der Waals surface area (Å²) < 4.78 is 0. The molecule has 0 aromatic carbocycles. The third-order valence-corrected chi connectivity index (χ3v) is 6.17. The molecule has 2 aliphatic heterocycles. The molecule has 2 bridgehead atoms. The number of carbonyl (C=O) groups excluding carboxylic acids is 2. The first kappa shape index (κ1) is 20.2. The fourth-order valence-corrected chi connectivity index (χ4v) is 4.56. The van der Waals surface area contributed by atoms with Crippen LogP contribution in [0.4, 0.5) is 0 Å². The fraction of sp³-hybridized carbons (Fsp3) is 0.900. The van der Waals surface area contributed by atoms with E-state index >= 15 is 0 Å². The second-order valence-electron chi connectivity index (χ2n) is 8.36. The van der Waals surface area contributed by atoms with Gasteiger partial charge < -0.3 is 15.1 Å². The first-order valence-corrected chi connectivity index (χ1v) is 10.1. The standard InChI is InChI=1S/C20H37N3O2/c1-5-6-15(2)11-20(25)22(3)10-9-21-19(24)14-16-12-17-7-8-18(13-16)23(17)4/h15-18H,5-14H2,1-4H3,(H,21,24). The van der Waals surface area contributed by atoms with E-state index in [0.717, 1.165) is 25.7 Å². The zero-order valence-corrected chi connectivity index (χ0v) is 16.6. The molecule has 144 valence electrons. The Morgan fingerprint density at radius 3 is 2.48 bits per heavy atom. The third-order valence-electron chi connectivity index (χ3n) is 6.17. The summed E-state index contributed by atoms with van der Waals surface area (Å²) in [4.78, 5) is 28.6. The molecule has 25 heavy (non-hydrogen) atoms. The number of nitrogens with one attached hydrogen (secondary N) is 1. The molecule has 0 aliphatic carbocycles. The predicted octanol–water partition coefficient (Wildman–Crippen LogP) is 2.65. The first-order valence-electron chi connectivity index (χ1n) is 10.1. The van der Waals surface area contributed by atoms with Gasteiger partial charge in [-0.15, -0.1) is 0 Å². The van der Waals surface area contributed by atoms with Crippen molar-refractivity contribution >= 4 is 11.8 Å². The van der Waals surface area contributed by atoms with Crippen molar-refractivity contribution in [3.63, 3.8) is 0 Å². The molecule has 2 fully saturated rings. The normalized spacial score (nSPS) is 27.1. The van der Waals surface area contributed by atoms with Gasteiger partial charge in [-0.2, -0.15) is 0 Å². The minimum atomic E-state index is 0.147. The smallest absolute Gasteiger partial charge is 0.222 e. The van der Waals surface area contributed by atoms with Crippen LogP contribution in [0.3, 0.4) is 0 Å². The van der Waals surface area contributed by atoms with Crippen LogP contribution in [-0.4, -0.2) is 60.9 Å². The molecule has 2 rings (SSSR count). The van der Waals surface area contributed by atoms with E-state index in [2.05, 4.69) is 31.1 Å². The zero-order valence-electron chi connectivity index (χ0n) is 16.6. The van der Waals surface area contributed by atoms with Gasteiger partial charge in [-0.1, -0.05) is 26.7 Å². The summed E-state index contributed by atoms with van der Waals surface area (Å²) >= 11 is 0. The van der Waals surface area contributed by atoms with E-state index in [0.29, 0.717) is 49.9 Å². The third kappa shape index (κ3) is 5.98. The van der Waals surface area contributed by atoms with Gasteiger partial charge in [-0.05, 0) is 44.6 Å². The van der Waals surface area contributed by atoms with Crippen LogP contribution in [0.2, 0.25) is 0 Å². The fourth-order valence-electron chi connectivity index (χ4n) is 4.56. The van der Waals surface area contributed by atoms with Crippen molar-refractivity contribution in [2.45, 2.75) is 77.3 Å². The van der Waals surface area contributed by atoms with Crippen LogP contribution >= 0.6 is 0 Å². The molecule has 2 heterocycles. The Morgan fingerprint density at radius 1 is 1.24 bits per heavy atom. The van der Waals surface area contributed by atoms with Crippen molar-refractivity contribution in [3.8, 4) is 0 Å². The van der Waals surface area contributed by atoms with Gasteiger partial charge in [0, 0.05) is 45.1 Å². The SMILES string of the molecule is CCCC(C)CC(=O)N(C)CCNC(=O)CC1CC2CCC(C1)N2C. The number of carbonyl (C=O) groups is 2. The topological polar surface area (TPSA) is 52.7 Å². The van der Waals surface area contributed by atoms with Crippen LogP contribution in [0.5, 0.6) is 0 Å². The van der Waals surface area contributed by atoms with Crippen molar-refractivity contribution in [1.29, 1.82) is 0 Å². The number of piperidine rings is 1. The molecule has 2 saturated heterocycles. The number of rotatable bonds is 9. The summed E-state index contributed by atoms with van der Waals surface area (Å²) in [6, 6.07) is 1.37. The molecule has 3 unspecified atom stereocenters. The predicted molar refractivity (Wildman–Crippen MR) is 101 cm³/mol. The average molecular weight is 352 g/mol. The van der Waals surface area contributed by atoms with Crippen molar-refractivity contribution in [2.24, 2.45) is 11.8 Å². The molecule has 0 aromatic heterocycles. The van der Waals surface area contributed by atoms with Gasteiger partial charge in [0.15, 0.2) is 0 Å². The lowest BCUT2D eigenvalue weighted by Crippen LogP contribution is -2.42. The molecule has 5 heteroatoms. The maximum atomic E-state index is 12.2. The maximum absolute atomic E-state index is 12.2. The van der Waals surface area contributed by atoms with Gasteiger partial charge in [0.2, 0.25) is 11.8 Å². The maximum Gasteiger partial charge on any atom is 0.222 e. The van der Waals surface area contributed by atoms with Crippen LogP contribution in [0.1, 0.15) is 65.2 Å². The first-order chi connectivity index (χ1) is 11.9. The largest absolute Gasteiger partial charge is 0.354 e. The summed E-state index contributed by atoms with van der Waals surface area (Å²) in [7, 11) is 4.06. The van der Waals surface area contributed by atoms with Crippen molar-refractivity contribution in [3.05, 3.63) is 0 Å². The summed E-state index contributed by atoms with van der Waals surface area (Å²) in [6.07, 6.45) is 8.37. The number of amides is 2. The van der Waals surface area contributed by atoms with Crippen LogP contribution in [-0.2, 0) is 9.59 Å². The van der Waals surface area contributed by atoms with Crippen LogP contribution in [0, 0.1) is 11.8 Å². The Kier molecular flexibility index (Phi) is 7.73. The van der Waals surface area contributed by atoms with Gasteiger partial charge in [-0.25, -0.2) is 0 Å². The minimum absolute atomic E-state index is 0.147. The Bertz CT molecular complexity index is 440. The Balaban J connectivity index is 1.61. The van der Waals surface area contributed by atoms with Gasteiger partial charge in [0.25, 0.3) is 0 Å². The Morgan fingerprint density at radius 2 is 1.88 bits per heavy atom. The van der Waals surface area contributed by atoms with E-state index in [-0.39, 0.29) is 11.8 Å². The number of nitrogens with zero attached hydrogens (tertiary/aromatic N) is 2. The summed E-state index contributed by atoms with van der Waals surface area (Å²) in [6.45, 7) is 5.44. The monoisotopic (exact) mass is 351 g/mol. The van der Waals surface area contributed by atoms with E-state index in [1.807, 2.05) is 7.05 Å². The average Bonchev–Trinajstić information content (AvgIpc) is 2.76. The van der Waals surface area contributed by atoms with Gasteiger partial charge >= 0.3 is 0 Å². The summed E-state index contributed by atoms with van der Waals surface area (Å²) in [5.74, 6) is 1.30. The zero-order chi connectivity index (χ0) is 18.4. The molecule has 5 nitrogen and oxygen atoms in total. The van der Waals surface area contributed by atoms with Crippen LogP contribution in [0.25, 0.3) is 0 Å². The minimum Gasteiger partial charge on any atom is -0.354 e. The second-order valence-corrected chi connectivity index (χ2v) is 8.36. The lowest BCUT2D eigenvalue weighted by molar-refractivity contribution is -0.131. The summed E-state index contributed by atoms with van der Waals surface area (Å²) in [5.41, 5.74) is 0. The van der Waals surface area contributed by atoms with Gasteiger partial charge in [0.1, 0.15) is 0 Å². The molecule has 2 amide bonds.